The standard InChI is InChI=1S/C34H33ClN4O6/c35-24-12-10-22(11-13-24)19-26(36-33(43)30-20-29(41)25-6-3-8-28(40)32(25)45-30)34(44)38-17-15-37(16-18-38)27-7-2-1-5-23(27)21-39-14-4-9-31(39)42/h1-3,5-8,10-13,20,26,40H,4,9,14-19,21H2,(H,36,43)/t26-/m0/s1. The summed E-state index contributed by atoms with van der Waals surface area (Å²) in [5.41, 5.74) is 2.33. The highest BCUT2D eigenvalue weighted by Crippen LogP contribution is 2.26. The van der Waals surface area contributed by atoms with Crippen LogP contribution in [0.1, 0.15) is 34.5 Å². The maximum absolute atomic E-state index is 13.9. The van der Waals surface area contributed by atoms with E-state index in [2.05, 4.69) is 10.2 Å². The van der Waals surface area contributed by atoms with E-state index in [9.17, 15) is 24.3 Å². The molecular formula is C34H33ClN4O6. The number of piperazine rings is 1. The molecule has 2 aliphatic rings. The zero-order chi connectivity index (χ0) is 31.5. The zero-order valence-electron chi connectivity index (χ0n) is 24.6. The summed E-state index contributed by atoms with van der Waals surface area (Å²) in [6, 6.07) is 19.6. The molecule has 2 fully saturated rings. The van der Waals surface area contributed by atoms with Crippen molar-refractivity contribution in [3.05, 3.63) is 105 Å². The Balaban J connectivity index is 1.19. The van der Waals surface area contributed by atoms with E-state index < -0.39 is 17.4 Å². The Labute approximate surface area is 264 Å². The number of hydrogen-bond donors (Lipinski definition) is 2. The molecule has 0 bridgehead atoms. The first-order valence-corrected chi connectivity index (χ1v) is 15.3. The fourth-order valence-corrected chi connectivity index (χ4v) is 6.10. The number of nitrogens with zero attached hydrogens (tertiary/aromatic N) is 3. The number of anilines is 1. The fourth-order valence-electron chi connectivity index (χ4n) is 5.98. The predicted molar refractivity (Wildman–Crippen MR) is 170 cm³/mol. The fraction of sp³-hybridized carbons (Fsp3) is 0.294. The number of phenols is 1. The molecule has 1 atom stereocenters. The summed E-state index contributed by atoms with van der Waals surface area (Å²) in [6.45, 7) is 3.35. The summed E-state index contributed by atoms with van der Waals surface area (Å²) in [7, 11) is 0. The van der Waals surface area contributed by atoms with Crippen LogP contribution in [0.3, 0.4) is 0 Å². The van der Waals surface area contributed by atoms with Crippen LogP contribution in [0.4, 0.5) is 5.69 Å². The summed E-state index contributed by atoms with van der Waals surface area (Å²) in [6.07, 6.45) is 1.66. The zero-order valence-corrected chi connectivity index (χ0v) is 25.3. The molecule has 6 rings (SSSR count). The Bertz CT molecular complexity index is 1800. The maximum atomic E-state index is 13.9. The molecule has 11 heteroatoms. The molecule has 2 N–H and O–H groups in total. The summed E-state index contributed by atoms with van der Waals surface area (Å²) in [4.78, 5) is 58.1. The van der Waals surface area contributed by atoms with E-state index in [1.165, 1.54) is 18.2 Å². The Hall–Kier alpha value is -4.83. The minimum absolute atomic E-state index is 0.0961. The monoisotopic (exact) mass is 628 g/mol. The smallest absolute Gasteiger partial charge is 0.287 e. The largest absolute Gasteiger partial charge is 0.504 e. The molecule has 3 amide bonds. The molecule has 0 spiro atoms. The van der Waals surface area contributed by atoms with Crippen LogP contribution in [-0.4, -0.2) is 71.4 Å². The van der Waals surface area contributed by atoms with Crippen molar-refractivity contribution in [3.63, 3.8) is 0 Å². The van der Waals surface area contributed by atoms with E-state index in [-0.39, 0.29) is 40.7 Å². The van der Waals surface area contributed by atoms with Gasteiger partial charge < -0.3 is 29.5 Å². The van der Waals surface area contributed by atoms with E-state index in [0.717, 1.165) is 35.8 Å². The number of para-hydroxylation sites is 2. The van der Waals surface area contributed by atoms with E-state index >= 15 is 0 Å². The molecule has 45 heavy (non-hydrogen) atoms. The first-order chi connectivity index (χ1) is 21.8. The van der Waals surface area contributed by atoms with Gasteiger partial charge in [0.1, 0.15) is 6.04 Å². The SMILES string of the molecule is O=C(N[C@@H](Cc1ccc(Cl)cc1)C(=O)N1CCN(c2ccccc2CN2CCCC2=O)CC1)c1cc(=O)c2cccc(O)c2o1. The van der Waals surface area contributed by atoms with E-state index in [1.54, 1.807) is 29.2 Å². The van der Waals surface area contributed by atoms with Gasteiger partial charge in [0.05, 0.1) is 5.39 Å². The van der Waals surface area contributed by atoms with Crippen molar-refractivity contribution in [3.8, 4) is 5.75 Å². The third-order valence-electron chi connectivity index (χ3n) is 8.37. The minimum atomic E-state index is -0.955. The van der Waals surface area contributed by atoms with Crippen LogP contribution in [0.2, 0.25) is 5.02 Å². The summed E-state index contributed by atoms with van der Waals surface area (Å²) in [5.74, 6) is -1.40. The van der Waals surface area contributed by atoms with Gasteiger partial charge in [-0.2, -0.15) is 0 Å². The molecule has 2 aliphatic heterocycles. The Morgan fingerprint density at radius 2 is 1.69 bits per heavy atom. The van der Waals surface area contributed by atoms with Crippen molar-refractivity contribution in [2.75, 3.05) is 37.6 Å². The quantitative estimate of drug-likeness (QED) is 0.303. The van der Waals surface area contributed by atoms with Crippen molar-refractivity contribution < 1.29 is 23.9 Å². The van der Waals surface area contributed by atoms with Gasteiger partial charge in [0.25, 0.3) is 5.91 Å². The predicted octanol–water partition coefficient (Wildman–Crippen LogP) is 3.96. The molecule has 1 aromatic heterocycles. The molecule has 3 heterocycles. The van der Waals surface area contributed by atoms with Gasteiger partial charge in [0, 0.05) is 68.9 Å². The molecule has 10 nitrogen and oxygen atoms in total. The number of carbonyl (C=O) groups is 3. The van der Waals surface area contributed by atoms with Crippen LogP contribution in [0.15, 0.2) is 82.0 Å². The first-order valence-electron chi connectivity index (χ1n) is 15.0. The van der Waals surface area contributed by atoms with Crippen molar-refractivity contribution >= 4 is 46.0 Å². The van der Waals surface area contributed by atoms with Crippen molar-refractivity contribution in [1.29, 1.82) is 0 Å². The summed E-state index contributed by atoms with van der Waals surface area (Å²) >= 11 is 6.07. The molecular weight excluding hydrogens is 596 g/mol. The second-order valence-electron chi connectivity index (χ2n) is 11.3. The molecule has 4 aromatic rings. The lowest BCUT2D eigenvalue weighted by Gasteiger charge is -2.38. The Morgan fingerprint density at radius 1 is 0.933 bits per heavy atom. The number of fused-ring (bicyclic) bond motifs is 1. The molecule has 0 unspecified atom stereocenters. The van der Waals surface area contributed by atoms with Gasteiger partial charge in [-0.05, 0) is 47.9 Å². The number of nitrogens with one attached hydrogen (secondary N) is 1. The van der Waals surface area contributed by atoms with Gasteiger partial charge in [0.15, 0.2) is 22.5 Å². The van der Waals surface area contributed by atoms with Crippen LogP contribution in [0.25, 0.3) is 11.0 Å². The molecule has 232 valence electrons. The van der Waals surface area contributed by atoms with Crippen molar-refractivity contribution in [2.45, 2.75) is 31.8 Å². The number of phenolic OH excluding ortho intramolecular Hbond substituents is 1. The third kappa shape index (κ3) is 6.66. The Morgan fingerprint density at radius 3 is 2.42 bits per heavy atom. The molecule has 0 radical (unpaired) electrons. The number of likely N-dealkylation sites (tertiary alicyclic amines) is 1. The van der Waals surface area contributed by atoms with Crippen LogP contribution in [0.5, 0.6) is 5.75 Å². The van der Waals surface area contributed by atoms with Crippen LogP contribution < -0.4 is 15.6 Å². The van der Waals surface area contributed by atoms with E-state index in [4.69, 9.17) is 16.0 Å². The van der Waals surface area contributed by atoms with Gasteiger partial charge in [0.2, 0.25) is 11.8 Å². The number of rotatable bonds is 8. The van der Waals surface area contributed by atoms with Gasteiger partial charge in [-0.1, -0.05) is 48.0 Å². The third-order valence-corrected chi connectivity index (χ3v) is 8.62. The number of carbonyl (C=O) groups excluding carboxylic acids is 3. The number of aromatic hydroxyl groups is 1. The highest BCUT2D eigenvalue weighted by molar-refractivity contribution is 6.30. The van der Waals surface area contributed by atoms with Gasteiger partial charge in [-0.15, -0.1) is 0 Å². The lowest BCUT2D eigenvalue weighted by Crippen LogP contribution is -2.55. The summed E-state index contributed by atoms with van der Waals surface area (Å²) < 4.78 is 5.62. The number of hydrogen-bond acceptors (Lipinski definition) is 7. The first kappa shape index (κ1) is 30.2. The van der Waals surface area contributed by atoms with Gasteiger partial charge in [-0.3, -0.25) is 19.2 Å². The average Bonchev–Trinajstić information content (AvgIpc) is 3.46. The molecule has 2 saturated heterocycles. The second-order valence-corrected chi connectivity index (χ2v) is 11.8. The maximum Gasteiger partial charge on any atom is 0.287 e. The molecule has 0 saturated carbocycles. The Kier molecular flexibility index (Phi) is 8.75. The normalized spacial score (nSPS) is 15.8. The lowest BCUT2D eigenvalue weighted by molar-refractivity contribution is -0.133. The minimum Gasteiger partial charge on any atom is -0.504 e. The highest BCUT2D eigenvalue weighted by Gasteiger charge is 2.31. The number of amides is 3. The van der Waals surface area contributed by atoms with Gasteiger partial charge >= 0.3 is 0 Å². The highest BCUT2D eigenvalue weighted by atomic mass is 35.5. The summed E-state index contributed by atoms with van der Waals surface area (Å²) in [5, 5.41) is 13.7. The average molecular weight is 629 g/mol. The van der Waals surface area contributed by atoms with Gasteiger partial charge in [-0.25, -0.2) is 0 Å². The van der Waals surface area contributed by atoms with E-state index in [0.29, 0.717) is 44.2 Å². The van der Waals surface area contributed by atoms with Crippen molar-refractivity contribution in [1.82, 2.24) is 15.1 Å². The lowest BCUT2D eigenvalue weighted by atomic mass is 10.0. The van der Waals surface area contributed by atoms with Crippen LogP contribution in [0, 0.1) is 0 Å². The molecule has 0 aliphatic carbocycles. The van der Waals surface area contributed by atoms with Crippen LogP contribution in [-0.2, 0) is 22.6 Å². The topological polar surface area (TPSA) is 123 Å². The number of benzene rings is 3. The van der Waals surface area contributed by atoms with Crippen LogP contribution >= 0.6 is 11.6 Å². The number of halogens is 1. The second kappa shape index (κ2) is 13.0. The molecule has 3 aromatic carbocycles. The van der Waals surface area contributed by atoms with E-state index in [1.807, 2.05) is 29.2 Å². The van der Waals surface area contributed by atoms with Crippen molar-refractivity contribution in [2.24, 2.45) is 0 Å².